The van der Waals surface area contributed by atoms with Crippen LogP contribution in [0.1, 0.15) is 5.76 Å². The second kappa shape index (κ2) is 9.32. The van der Waals surface area contributed by atoms with Crippen LogP contribution in [0.25, 0.3) is 17.4 Å². The topological polar surface area (TPSA) is 79.6 Å². The van der Waals surface area contributed by atoms with Gasteiger partial charge in [-0.15, -0.1) is 0 Å². The molecule has 0 atom stereocenters. The second-order valence-electron chi connectivity index (χ2n) is 6.65. The zero-order chi connectivity index (χ0) is 22.8. The molecule has 0 saturated carbocycles. The first-order chi connectivity index (χ1) is 15.3. The number of rotatable bonds is 5. The number of thioether (sulfide) groups is 1. The molecule has 0 unspecified atom stereocenters. The standard InChI is InChI=1S/C22H13BrClFN2O4S/c23-13-3-1-12(2-4-13)18-8-6-15(31-18)10-19-21(29)27(22(30)32-19)11-20(28)26-14-5-7-17(25)16(24)9-14/h1-10H,11H2,(H,26,28)/b19-10+. The zero-order valence-electron chi connectivity index (χ0n) is 16.1. The molecule has 1 saturated heterocycles. The fourth-order valence-corrected chi connectivity index (χ4v) is 4.15. The first-order valence-corrected chi connectivity index (χ1v) is 11.1. The Labute approximate surface area is 199 Å². The largest absolute Gasteiger partial charge is 0.457 e. The van der Waals surface area contributed by atoms with Crippen LogP contribution in [0.15, 0.2) is 68.4 Å². The van der Waals surface area contributed by atoms with Gasteiger partial charge in [0.05, 0.1) is 9.93 Å². The van der Waals surface area contributed by atoms with E-state index < -0.39 is 29.4 Å². The van der Waals surface area contributed by atoms with E-state index in [0.717, 1.165) is 32.8 Å². The van der Waals surface area contributed by atoms with Crippen molar-refractivity contribution in [3.8, 4) is 11.3 Å². The van der Waals surface area contributed by atoms with Gasteiger partial charge in [-0.1, -0.05) is 39.7 Å². The summed E-state index contributed by atoms with van der Waals surface area (Å²) in [6, 6.07) is 14.7. The number of nitrogens with one attached hydrogen (secondary N) is 1. The van der Waals surface area contributed by atoms with Gasteiger partial charge >= 0.3 is 0 Å². The Morgan fingerprint density at radius 3 is 2.62 bits per heavy atom. The van der Waals surface area contributed by atoms with Gasteiger partial charge in [-0.2, -0.15) is 0 Å². The third-order valence-corrected chi connectivity index (χ3v) is 6.13. The van der Waals surface area contributed by atoms with E-state index in [1.54, 1.807) is 12.1 Å². The Bertz CT molecular complexity index is 1260. The number of imide groups is 1. The molecule has 6 nitrogen and oxygen atoms in total. The molecule has 1 aliphatic heterocycles. The third kappa shape index (κ3) is 4.95. The molecule has 2 aromatic carbocycles. The summed E-state index contributed by atoms with van der Waals surface area (Å²) in [6.07, 6.45) is 1.46. The molecule has 3 aromatic rings. The van der Waals surface area contributed by atoms with Crippen molar-refractivity contribution in [2.75, 3.05) is 11.9 Å². The summed E-state index contributed by atoms with van der Waals surface area (Å²) >= 11 is 9.78. The fourth-order valence-electron chi connectivity index (χ4n) is 2.88. The van der Waals surface area contributed by atoms with Gasteiger partial charge in [0.1, 0.15) is 23.9 Å². The minimum absolute atomic E-state index is 0.143. The number of amides is 3. The van der Waals surface area contributed by atoms with E-state index in [1.807, 2.05) is 24.3 Å². The molecule has 3 amide bonds. The number of nitrogens with zero attached hydrogens (tertiary/aromatic N) is 1. The number of benzene rings is 2. The summed E-state index contributed by atoms with van der Waals surface area (Å²) in [6.45, 7) is -0.487. The fraction of sp³-hybridized carbons (Fsp3) is 0.0455. The monoisotopic (exact) mass is 534 g/mol. The smallest absolute Gasteiger partial charge is 0.294 e. The molecule has 1 N–H and O–H groups in total. The third-order valence-electron chi connectivity index (χ3n) is 4.41. The number of furan rings is 1. The molecule has 4 rings (SSSR count). The maximum Gasteiger partial charge on any atom is 0.294 e. The van der Waals surface area contributed by atoms with Crippen molar-refractivity contribution in [2.45, 2.75) is 0 Å². The minimum Gasteiger partial charge on any atom is -0.457 e. The Balaban J connectivity index is 1.44. The van der Waals surface area contributed by atoms with Crippen LogP contribution in [0.2, 0.25) is 5.02 Å². The van der Waals surface area contributed by atoms with E-state index in [0.29, 0.717) is 11.5 Å². The van der Waals surface area contributed by atoms with Gasteiger partial charge in [0, 0.05) is 21.8 Å². The van der Waals surface area contributed by atoms with Crippen molar-refractivity contribution in [2.24, 2.45) is 0 Å². The number of hydrogen-bond donors (Lipinski definition) is 1. The maximum atomic E-state index is 13.2. The van der Waals surface area contributed by atoms with E-state index in [4.69, 9.17) is 16.0 Å². The summed E-state index contributed by atoms with van der Waals surface area (Å²) in [5, 5.41) is 1.75. The molecular weight excluding hydrogens is 523 g/mol. The summed E-state index contributed by atoms with van der Waals surface area (Å²) in [5.74, 6) is -0.832. The van der Waals surface area contributed by atoms with Crippen LogP contribution in [-0.2, 0) is 9.59 Å². The lowest BCUT2D eigenvalue weighted by atomic mass is 10.2. The van der Waals surface area contributed by atoms with Gasteiger partial charge in [-0.05, 0) is 54.2 Å². The van der Waals surface area contributed by atoms with Crippen molar-refractivity contribution in [1.29, 1.82) is 0 Å². The highest BCUT2D eigenvalue weighted by Crippen LogP contribution is 2.33. The second-order valence-corrected chi connectivity index (χ2v) is 8.97. The van der Waals surface area contributed by atoms with Crippen molar-refractivity contribution in [3.05, 3.63) is 80.6 Å². The molecule has 0 spiro atoms. The predicted octanol–water partition coefficient (Wildman–Crippen LogP) is 6.18. The molecule has 162 valence electrons. The van der Waals surface area contributed by atoms with Crippen molar-refractivity contribution < 1.29 is 23.2 Å². The van der Waals surface area contributed by atoms with Gasteiger partial charge in [-0.25, -0.2) is 4.39 Å². The van der Waals surface area contributed by atoms with Gasteiger partial charge in [-0.3, -0.25) is 19.3 Å². The first-order valence-electron chi connectivity index (χ1n) is 9.16. The lowest BCUT2D eigenvalue weighted by Crippen LogP contribution is -2.36. The summed E-state index contributed by atoms with van der Waals surface area (Å²) in [4.78, 5) is 38.1. The Morgan fingerprint density at radius 1 is 1.16 bits per heavy atom. The van der Waals surface area contributed by atoms with Crippen LogP contribution in [0, 0.1) is 5.82 Å². The molecule has 2 heterocycles. The number of carbonyl (C=O) groups is 3. The van der Waals surface area contributed by atoms with Crippen molar-refractivity contribution in [3.63, 3.8) is 0 Å². The Hall–Kier alpha value is -2.88. The predicted molar refractivity (Wildman–Crippen MR) is 125 cm³/mol. The molecular formula is C22H13BrClFN2O4S. The van der Waals surface area contributed by atoms with E-state index in [9.17, 15) is 18.8 Å². The van der Waals surface area contributed by atoms with E-state index >= 15 is 0 Å². The normalized spacial score (nSPS) is 15.0. The first kappa shape index (κ1) is 22.3. The van der Waals surface area contributed by atoms with E-state index in [-0.39, 0.29) is 15.6 Å². The Morgan fingerprint density at radius 2 is 1.91 bits per heavy atom. The Kier molecular flexibility index (Phi) is 6.50. The average Bonchev–Trinajstić information content (AvgIpc) is 3.32. The van der Waals surface area contributed by atoms with E-state index in [2.05, 4.69) is 21.2 Å². The van der Waals surface area contributed by atoms with Crippen LogP contribution < -0.4 is 5.32 Å². The van der Waals surface area contributed by atoms with Crippen molar-refractivity contribution >= 4 is 68.1 Å². The molecule has 0 bridgehead atoms. The highest BCUT2D eigenvalue weighted by atomic mass is 79.9. The molecule has 32 heavy (non-hydrogen) atoms. The highest BCUT2D eigenvalue weighted by molar-refractivity contribution is 9.10. The van der Waals surface area contributed by atoms with Crippen LogP contribution in [0.5, 0.6) is 0 Å². The lowest BCUT2D eigenvalue weighted by molar-refractivity contribution is -0.127. The molecule has 1 aliphatic rings. The highest BCUT2D eigenvalue weighted by Gasteiger charge is 2.36. The van der Waals surface area contributed by atoms with Crippen molar-refractivity contribution in [1.82, 2.24) is 4.90 Å². The lowest BCUT2D eigenvalue weighted by Gasteiger charge is -2.12. The molecule has 10 heteroatoms. The number of halogens is 3. The van der Waals surface area contributed by atoms with Crippen LogP contribution in [-0.4, -0.2) is 28.5 Å². The van der Waals surface area contributed by atoms with Gasteiger partial charge in [0.2, 0.25) is 5.91 Å². The number of carbonyl (C=O) groups excluding carboxylic acids is 3. The molecule has 0 radical (unpaired) electrons. The van der Waals surface area contributed by atoms with E-state index in [1.165, 1.54) is 18.2 Å². The SMILES string of the molecule is O=C(CN1C(=O)S/C(=C/c2ccc(-c3ccc(Br)cc3)o2)C1=O)Nc1ccc(F)c(Cl)c1. The number of hydrogen-bond acceptors (Lipinski definition) is 5. The quantitative estimate of drug-likeness (QED) is 0.395. The summed E-state index contributed by atoms with van der Waals surface area (Å²) < 4.78 is 19.9. The van der Waals surface area contributed by atoms with Gasteiger partial charge in [0.15, 0.2) is 0 Å². The molecule has 0 aliphatic carbocycles. The average molecular weight is 536 g/mol. The van der Waals surface area contributed by atoms with Crippen LogP contribution >= 0.6 is 39.3 Å². The molecule has 1 fully saturated rings. The minimum atomic E-state index is -0.623. The molecule has 1 aromatic heterocycles. The maximum absolute atomic E-state index is 13.2. The van der Waals surface area contributed by atoms with Gasteiger partial charge < -0.3 is 9.73 Å². The van der Waals surface area contributed by atoms with Crippen LogP contribution in [0.3, 0.4) is 0 Å². The summed E-state index contributed by atoms with van der Waals surface area (Å²) in [5.41, 5.74) is 1.11. The van der Waals surface area contributed by atoms with Gasteiger partial charge in [0.25, 0.3) is 11.1 Å². The van der Waals surface area contributed by atoms with Crippen LogP contribution in [0.4, 0.5) is 14.9 Å². The number of anilines is 1. The summed E-state index contributed by atoms with van der Waals surface area (Å²) in [7, 11) is 0. The zero-order valence-corrected chi connectivity index (χ0v) is 19.3.